The molecule has 1 aromatic carbocycles. The Kier molecular flexibility index (Phi) is 3.73. The summed E-state index contributed by atoms with van der Waals surface area (Å²) in [5.74, 6) is 5.07. The van der Waals surface area contributed by atoms with E-state index in [0.29, 0.717) is 5.56 Å². The molecule has 0 spiro atoms. The SMILES string of the molecule is COc1ccc2sc(-c3cncc(C#CC(N)=O)c3)nc2c1. The first-order valence-corrected chi connectivity index (χ1v) is 7.19. The van der Waals surface area contributed by atoms with Crippen LogP contribution in [-0.2, 0) is 4.79 Å². The van der Waals surface area contributed by atoms with Crippen LogP contribution in [0.2, 0.25) is 0 Å². The van der Waals surface area contributed by atoms with Gasteiger partial charge in [0.1, 0.15) is 10.8 Å². The maximum Gasteiger partial charge on any atom is 0.293 e. The molecule has 0 aliphatic rings. The molecule has 0 atom stereocenters. The third-order valence-corrected chi connectivity index (χ3v) is 4.00. The number of hydrogen-bond donors (Lipinski definition) is 1. The lowest BCUT2D eigenvalue weighted by molar-refractivity contribution is -0.112. The number of hydrogen-bond acceptors (Lipinski definition) is 5. The van der Waals surface area contributed by atoms with Crippen LogP contribution in [0.4, 0.5) is 0 Å². The van der Waals surface area contributed by atoms with E-state index in [1.165, 1.54) is 0 Å². The Balaban J connectivity index is 2.02. The Labute approximate surface area is 130 Å². The largest absolute Gasteiger partial charge is 0.497 e. The van der Waals surface area contributed by atoms with Crippen LogP contribution >= 0.6 is 11.3 Å². The van der Waals surface area contributed by atoms with Gasteiger partial charge in [-0.3, -0.25) is 9.78 Å². The zero-order valence-corrected chi connectivity index (χ0v) is 12.5. The number of thiazole rings is 1. The average molecular weight is 309 g/mol. The quantitative estimate of drug-likeness (QED) is 0.736. The van der Waals surface area contributed by atoms with E-state index in [4.69, 9.17) is 10.5 Å². The van der Waals surface area contributed by atoms with E-state index in [0.717, 1.165) is 26.5 Å². The van der Waals surface area contributed by atoms with Crippen LogP contribution in [0.1, 0.15) is 5.56 Å². The molecule has 0 unspecified atom stereocenters. The lowest BCUT2D eigenvalue weighted by atomic mass is 10.2. The molecule has 2 N–H and O–H groups in total. The first kappa shape index (κ1) is 14.0. The number of carbonyl (C=O) groups excluding carboxylic acids is 1. The minimum atomic E-state index is -0.669. The number of ether oxygens (including phenoxy) is 1. The van der Waals surface area contributed by atoms with Crippen molar-refractivity contribution in [3.63, 3.8) is 0 Å². The number of rotatable bonds is 2. The fourth-order valence-electron chi connectivity index (χ4n) is 1.92. The summed E-state index contributed by atoms with van der Waals surface area (Å²) in [4.78, 5) is 19.4. The van der Waals surface area contributed by atoms with Crippen LogP contribution < -0.4 is 10.5 Å². The fourth-order valence-corrected chi connectivity index (χ4v) is 2.84. The van der Waals surface area contributed by atoms with Crippen molar-refractivity contribution in [3.8, 4) is 28.2 Å². The maximum absolute atomic E-state index is 10.7. The van der Waals surface area contributed by atoms with Crippen molar-refractivity contribution in [2.45, 2.75) is 0 Å². The molecule has 0 bridgehead atoms. The molecule has 108 valence electrons. The summed E-state index contributed by atoms with van der Waals surface area (Å²) in [7, 11) is 1.62. The molecule has 3 aromatic rings. The van der Waals surface area contributed by atoms with Gasteiger partial charge in [-0.15, -0.1) is 11.3 Å². The lowest BCUT2D eigenvalue weighted by Gasteiger charge is -1.96. The molecule has 1 amide bonds. The number of carbonyl (C=O) groups is 1. The smallest absolute Gasteiger partial charge is 0.293 e. The van der Waals surface area contributed by atoms with Crippen molar-refractivity contribution in [2.24, 2.45) is 5.73 Å². The molecular formula is C16H11N3O2S. The van der Waals surface area contributed by atoms with Gasteiger partial charge in [0.05, 0.1) is 17.3 Å². The zero-order chi connectivity index (χ0) is 15.5. The van der Waals surface area contributed by atoms with Crippen LogP contribution in [0.5, 0.6) is 5.75 Å². The minimum absolute atomic E-state index is 0.619. The molecule has 6 heteroatoms. The molecule has 3 rings (SSSR count). The maximum atomic E-state index is 10.7. The zero-order valence-electron chi connectivity index (χ0n) is 11.7. The first-order valence-electron chi connectivity index (χ1n) is 6.37. The number of pyridine rings is 1. The number of nitrogens with zero attached hydrogens (tertiary/aromatic N) is 2. The first-order chi connectivity index (χ1) is 10.7. The highest BCUT2D eigenvalue weighted by molar-refractivity contribution is 7.21. The van der Waals surface area contributed by atoms with Crippen molar-refractivity contribution in [1.82, 2.24) is 9.97 Å². The predicted octanol–water partition coefficient (Wildman–Crippen LogP) is 2.20. The molecule has 2 aromatic heterocycles. The van der Waals surface area contributed by atoms with E-state index >= 15 is 0 Å². The number of nitrogens with two attached hydrogens (primary N) is 1. The Morgan fingerprint density at radius 1 is 1.32 bits per heavy atom. The van der Waals surface area contributed by atoms with Crippen LogP contribution in [-0.4, -0.2) is 23.0 Å². The van der Waals surface area contributed by atoms with Crippen molar-refractivity contribution in [1.29, 1.82) is 0 Å². The summed E-state index contributed by atoms with van der Waals surface area (Å²) in [6.45, 7) is 0. The molecule has 2 heterocycles. The molecule has 0 saturated carbocycles. The van der Waals surface area contributed by atoms with E-state index in [1.54, 1.807) is 30.8 Å². The summed E-state index contributed by atoms with van der Waals surface area (Å²) in [6, 6.07) is 7.59. The van der Waals surface area contributed by atoms with Gasteiger partial charge < -0.3 is 10.5 Å². The summed E-state index contributed by atoms with van der Waals surface area (Å²) >= 11 is 1.56. The van der Waals surface area contributed by atoms with Gasteiger partial charge in [0.2, 0.25) is 0 Å². The second-order valence-corrected chi connectivity index (χ2v) is 5.46. The Morgan fingerprint density at radius 2 is 2.18 bits per heavy atom. The second kappa shape index (κ2) is 5.84. The van der Waals surface area contributed by atoms with Crippen molar-refractivity contribution in [3.05, 3.63) is 42.2 Å². The van der Waals surface area contributed by atoms with E-state index in [-0.39, 0.29) is 0 Å². The Hall–Kier alpha value is -2.91. The van der Waals surface area contributed by atoms with Gasteiger partial charge in [-0.05, 0) is 18.2 Å². The van der Waals surface area contributed by atoms with Gasteiger partial charge in [0.15, 0.2) is 0 Å². The molecule has 0 fully saturated rings. The lowest BCUT2D eigenvalue weighted by Crippen LogP contribution is -2.06. The Bertz CT molecular complexity index is 922. The summed E-state index contributed by atoms with van der Waals surface area (Å²) in [6.07, 6.45) is 3.29. The van der Waals surface area contributed by atoms with Gasteiger partial charge in [-0.25, -0.2) is 4.98 Å². The molecule has 0 aliphatic heterocycles. The summed E-state index contributed by atoms with van der Waals surface area (Å²) in [5.41, 5.74) is 7.34. The van der Waals surface area contributed by atoms with Gasteiger partial charge in [0.25, 0.3) is 5.91 Å². The molecular weight excluding hydrogens is 298 g/mol. The van der Waals surface area contributed by atoms with E-state index in [2.05, 4.69) is 21.8 Å². The topological polar surface area (TPSA) is 78.1 Å². The number of benzene rings is 1. The van der Waals surface area contributed by atoms with Gasteiger partial charge in [-0.2, -0.15) is 0 Å². The predicted molar refractivity (Wildman–Crippen MR) is 85.5 cm³/mol. The van der Waals surface area contributed by atoms with Gasteiger partial charge in [0, 0.05) is 35.5 Å². The minimum Gasteiger partial charge on any atom is -0.497 e. The number of primary amides is 1. The third kappa shape index (κ3) is 2.90. The van der Waals surface area contributed by atoms with Gasteiger partial charge >= 0.3 is 0 Å². The third-order valence-electron chi connectivity index (χ3n) is 2.91. The van der Waals surface area contributed by atoms with E-state index in [9.17, 15) is 4.79 Å². The summed E-state index contributed by atoms with van der Waals surface area (Å²) < 4.78 is 6.26. The number of amides is 1. The highest BCUT2D eigenvalue weighted by Gasteiger charge is 2.08. The fraction of sp³-hybridized carbons (Fsp3) is 0.0625. The number of aromatic nitrogens is 2. The van der Waals surface area contributed by atoms with Crippen molar-refractivity contribution < 1.29 is 9.53 Å². The van der Waals surface area contributed by atoms with Crippen LogP contribution in [0.15, 0.2) is 36.7 Å². The van der Waals surface area contributed by atoms with E-state index < -0.39 is 5.91 Å². The van der Waals surface area contributed by atoms with Crippen LogP contribution in [0.25, 0.3) is 20.8 Å². The Morgan fingerprint density at radius 3 is 2.95 bits per heavy atom. The highest BCUT2D eigenvalue weighted by Crippen LogP contribution is 2.31. The van der Waals surface area contributed by atoms with Crippen molar-refractivity contribution in [2.75, 3.05) is 7.11 Å². The molecule has 5 nitrogen and oxygen atoms in total. The molecule has 22 heavy (non-hydrogen) atoms. The second-order valence-electron chi connectivity index (χ2n) is 4.43. The molecule has 0 radical (unpaired) electrons. The average Bonchev–Trinajstić information content (AvgIpc) is 2.96. The molecule has 0 saturated heterocycles. The van der Waals surface area contributed by atoms with Crippen molar-refractivity contribution >= 4 is 27.5 Å². The number of fused-ring (bicyclic) bond motifs is 1. The van der Waals surface area contributed by atoms with Crippen LogP contribution in [0.3, 0.4) is 0 Å². The van der Waals surface area contributed by atoms with Crippen LogP contribution in [0, 0.1) is 11.8 Å². The normalized spacial score (nSPS) is 10.0. The number of methoxy groups -OCH3 is 1. The van der Waals surface area contributed by atoms with Gasteiger partial charge in [-0.1, -0.05) is 5.92 Å². The summed E-state index contributed by atoms with van der Waals surface area (Å²) in [5, 5.41) is 0.832. The molecule has 0 aliphatic carbocycles. The highest BCUT2D eigenvalue weighted by atomic mass is 32.1. The monoisotopic (exact) mass is 309 g/mol. The standard InChI is InChI=1S/C16H11N3O2S/c1-21-12-3-4-14-13(7-12)19-16(22-14)11-6-10(8-18-9-11)2-5-15(17)20/h3-4,6-9H,1H3,(H2,17,20). The van der Waals surface area contributed by atoms with E-state index in [1.807, 2.05) is 24.3 Å².